The van der Waals surface area contributed by atoms with Crippen molar-refractivity contribution in [3.05, 3.63) is 53.5 Å². The minimum Gasteiger partial charge on any atom is -0.449 e. The number of piperazine rings is 1. The van der Waals surface area contributed by atoms with Crippen LogP contribution in [0.3, 0.4) is 0 Å². The second kappa shape index (κ2) is 7.73. The van der Waals surface area contributed by atoms with Crippen molar-refractivity contribution in [2.75, 3.05) is 13.1 Å². The van der Waals surface area contributed by atoms with Gasteiger partial charge in [0.05, 0.1) is 5.69 Å². The van der Waals surface area contributed by atoms with Gasteiger partial charge in [-0.15, -0.1) is 0 Å². The molecule has 1 saturated heterocycles. The van der Waals surface area contributed by atoms with Crippen molar-refractivity contribution in [2.24, 2.45) is 0 Å². The SMILES string of the molecule is CC1(C)C(=O)NCCN1C(=O)c1cc2nc(-c3ccc(F)cc3)cc(C3CCCC3)c2o1. The number of aromatic nitrogens is 1. The largest absolute Gasteiger partial charge is 0.449 e. The van der Waals surface area contributed by atoms with Gasteiger partial charge in [0.15, 0.2) is 11.3 Å². The molecule has 3 heterocycles. The Morgan fingerprint density at radius 3 is 2.62 bits per heavy atom. The van der Waals surface area contributed by atoms with Crippen molar-refractivity contribution in [1.82, 2.24) is 15.2 Å². The number of furan rings is 1. The number of nitrogens with zero attached hydrogens (tertiary/aromatic N) is 2. The van der Waals surface area contributed by atoms with Crippen LogP contribution in [0, 0.1) is 5.82 Å². The Bertz CT molecular complexity index is 1190. The molecule has 0 radical (unpaired) electrons. The van der Waals surface area contributed by atoms with Crippen LogP contribution < -0.4 is 5.32 Å². The molecule has 0 bridgehead atoms. The molecule has 2 aromatic heterocycles. The number of benzene rings is 1. The molecule has 1 aliphatic heterocycles. The third kappa shape index (κ3) is 3.45. The first-order chi connectivity index (χ1) is 15.3. The first-order valence-corrected chi connectivity index (χ1v) is 11.2. The Morgan fingerprint density at radius 2 is 1.91 bits per heavy atom. The van der Waals surface area contributed by atoms with E-state index in [1.807, 2.05) is 6.07 Å². The zero-order valence-electron chi connectivity index (χ0n) is 18.3. The van der Waals surface area contributed by atoms with Gasteiger partial charge in [-0.3, -0.25) is 9.59 Å². The number of carbonyl (C=O) groups is 2. The van der Waals surface area contributed by atoms with Crippen molar-refractivity contribution in [2.45, 2.75) is 51.0 Å². The third-order valence-corrected chi connectivity index (χ3v) is 6.75. The number of pyridine rings is 1. The van der Waals surface area contributed by atoms with E-state index in [1.165, 1.54) is 12.1 Å². The Balaban J connectivity index is 1.60. The monoisotopic (exact) mass is 435 g/mol. The molecule has 7 heteroatoms. The van der Waals surface area contributed by atoms with E-state index in [0.29, 0.717) is 30.1 Å². The van der Waals surface area contributed by atoms with Crippen molar-refractivity contribution in [3.8, 4) is 11.3 Å². The molecule has 0 atom stereocenters. The highest BCUT2D eigenvalue weighted by Gasteiger charge is 2.41. The number of carbonyl (C=O) groups excluding carboxylic acids is 2. The van der Waals surface area contributed by atoms with Gasteiger partial charge in [0.1, 0.15) is 16.9 Å². The molecule has 166 valence electrons. The second-order valence-electron chi connectivity index (χ2n) is 9.18. The highest BCUT2D eigenvalue weighted by Crippen LogP contribution is 2.40. The summed E-state index contributed by atoms with van der Waals surface area (Å²) in [4.78, 5) is 31.9. The maximum atomic E-state index is 13.4. The Morgan fingerprint density at radius 1 is 1.19 bits per heavy atom. The molecule has 1 N–H and O–H groups in total. The van der Waals surface area contributed by atoms with Gasteiger partial charge < -0.3 is 14.6 Å². The van der Waals surface area contributed by atoms with Gasteiger partial charge >= 0.3 is 0 Å². The summed E-state index contributed by atoms with van der Waals surface area (Å²) >= 11 is 0. The van der Waals surface area contributed by atoms with Crippen LogP contribution in [0.2, 0.25) is 0 Å². The van der Waals surface area contributed by atoms with E-state index in [9.17, 15) is 14.0 Å². The fraction of sp³-hybridized carbons (Fsp3) is 0.400. The summed E-state index contributed by atoms with van der Waals surface area (Å²) in [5.41, 5.74) is 2.87. The summed E-state index contributed by atoms with van der Waals surface area (Å²) in [6.45, 7) is 4.29. The molecule has 3 aromatic rings. The Labute approximate surface area is 185 Å². The molecular formula is C25H26FN3O3. The summed E-state index contributed by atoms with van der Waals surface area (Å²) in [6.07, 6.45) is 4.43. The van der Waals surface area contributed by atoms with Crippen LogP contribution in [0.15, 0.2) is 40.8 Å². The summed E-state index contributed by atoms with van der Waals surface area (Å²) in [7, 11) is 0. The van der Waals surface area contributed by atoms with Crippen LogP contribution in [0.25, 0.3) is 22.4 Å². The number of halogens is 1. The van der Waals surface area contributed by atoms with E-state index in [2.05, 4.69) is 5.32 Å². The first kappa shape index (κ1) is 20.7. The topological polar surface area (TPSA) is 75.4 Å². The molecule has 0 spiro atoms. The van der Waals surface area contributed by atoms with Gasteiger partial charge in [0.2, 0.25) is 5.91 Å². The molecule has 1 saturated carbocycles. The summed E-state index contributed by atoms with van der Waals surface area (Å²) in [5, 5.41) is 2.81. The molecule has 32 heavy (non-hydrogen) atoms. The van der Waals surface area contributed by atoms with Crippen LogP contribution >= 0.6 is 0 Å². The van der Waals surface area contributed by atoms with E-state index in [0.717, 1.165) is 42.5 Å². The van der Waals surface area contributed by atoms with Gasteiger partial charge in [-0.25, -0.2) is 9.37 Å². The van der Waals surface area contributed by atoms with Gasteiger partial charge in [0.25, 0.3) is 5.91 Å². The minimum absolute atomic E-state index is 0.184. The minimum atomic E-state index is -0.963. The highest BCUT2D eigenvalue weighted by atomic mass is 19.1. The Kier molecular flexibility index (Phi) is 4.99. The van der Waals surface area contributed by atoms with Crippen LogP contribution in [0.5, 0.6) is 0 Å². The summed E-state index contributed by atoms with van der Waals surface area (Å²) in [5.74, 6) is -0.271. The lowest BCUT2D eigenvalue weighted by atomic mass is 9.95. The van der Waals surface area contributed by atoms with Crippen LogP contribution in [0.4, 0.5) is 4.39 Å². The van der Waals surface area contributed by atoms with Crippen molar-refractivity contribution in [1.29, 1.82) is 0 Å². The number of hydrogen-bond donors (Lipinski definition) is 1. The van der Waals surface area contributed by atoms with Crippen LogP contribution in [-0.4, -0.2) is 40.3 Å². The lowest BCUT2D eigenvalue weighted by Crippen LogP contribution is -2.63. The molecule has 5 rings (SSSR count). The fourth-order valence-corrected chi connectivity index (χ4v) is 4.85. The standard InChI is InChI=1S/C25H26FN3O3/c1-25(2)24(31)27-11-12-29(25)23(30)21-14-20-22(32-21)18(15-5-3-4-6-15)13-19(28-20)16-7-9-17(26)10-8-16/h7-10,13-15H,3-6,11-12H2,1-2H3,(H,27,31). The summed E-state index contributed by atoms with van der Waals surface area (Å²) < 4.78 is 19.6. The van der Waals surface area contributed by atoms with Crippen molar-refractivity contribution < 1.29 is 18.4 Å². The van der Waals surface area contributed by atoms with E-state index in [4.69, 9.17) is 9.40 Å². The number of nitrogens with one attached hydrogen (secondary N) is 1. The normalized spacial score (nSPS) is 18.8. The average molecular weight is 435 g/mol. The zero-order chi connectivity index (χ0) is 22.5. The first-order valence-electron chi connectivity index (χ1n) is 11.2. The number of hydrogen-bond acceptors (Lipinski definition) is 4. The van der Waals surface area contributed by atoms with E-state index < -0.39 is 5.54 Å². The van der Waals surface area contributed by atoms with E-state index in [-0.39, 0.29) is 23.4 Å². The molecule has 2 amide bonds. The lowest BCUT2D eigenvalue weighted by molar-refractivity contribution is -0.133. The van der Waals surface area contributed by atoms with Crippen LogP contribution in [0.1, 0.15) is 61.6 Å². The van der Waals surface area contributed by atoms with Gasteiger partial charge in [-0.05, 0) is 62.9 Å². The molecule has 2 aliphatic rings. The highest BCUT2D eigenvalue weighted by molar-refractivity contribution is 6.00. The predicted octanol–water partition coefficient (Wildman–Crippen LogP) is 4.64. The number of amides is 2. The fourth-order valence-electron chi connectivity index (χ4n) is 4.85. The van der Waals surface area contributed by atoms with Gasteiger partial charge in [0, 0.05) is 30.3 Å². The lowest BCUT2D eigenvalue weighted by Gasteiger charge is -2.40. The van der Waals surface area contributed by atoms with Crippen molar-refractivity contribution >= 4 is 22.9 Å². The van der Waals surface area contributed by atoms with E-state index in [1.54, 1.807) is 36.9 Å². The zero-order valence-corrected chi connectivity index (χ0v) is 18.3. The summed E-state index contributed by atoms with van der Waals surface area (Å²) in [6, 6.07) is 9.95. The van der Waals surface area contributed by atoms with E-state index >= 15 is 0 Å². The molecule has 2 fully saturated rings. The number of rotatable bonds is 3. The van der Waals surface area contributed by atoms with Crippen LogP contribution in [-0.2, 0) is 4.79 Å². The molecule has 6 nitrogen and oxygen atoms in total. The van der Waals surface area contributed by atoms with Crippen molar-refractivity contribution in [3.63, 3.8) is 0 Å². The van der Waals surface area contributed by atoms with Gasteiger partial charge in [-0.2, -0.15) is 0 Å². The smallest absolute Gasteiger partial charge is 0.290 e. The Hall–Kier alpha value is -3.22. The molecular weight excluding hydrogens is 409 g/mol. The maximum Gasteiger partial charge on any atom is 0.290 e. The quantitative estimate of drug-likeness (QED) is 0.650. The van der Waals surface area contributed by atoms with Gasteiger partial charge in [-0.1, -0.05) is 12.8 Å². The second-order valence-corrected chi connectivity index (χ2v) is 9.18. The maximum absolute atomic E-state index is 13.4. The predicted molar refractivity (Wildman–Crippen MR) is 119 cm³/mol. The number of fused-ring (bicyclic) bond motifs is 1. The molecule has 1 aromatic carbocycles. The molecule has 1 aliphatic carbocycles. The average Bonchev–Trinajstić information content (AvgIpc) is 3.45. The molecule has 0 unspecified atom stereocenters. The third-order valence-electron chi connectivity index (χ3n) is 6.75.